The lowest BCUT2D eigenvalue weighted by Gasteiger charge is -2.27. The lowest BCUT2D eigenvalue weighted by Crippen LogP contribution is -2.36. The minimum absolute atomic E-state index is 0.235. The van der Waals surface area contributed by atoms with E-state index < -0.39 is 10.0 Å². The first-order valence-corrected chi connectivity index (χ1v) is 9.97. The highest BCUT2D eigenvalue weighted by molar-refractivity contribution is 7.88. The van der Waals surface area contributed by atoms with Crippen LogP contribution in [0.2, 0.25) is 5.02 Å². The van der Waals surface area contributed by atoms with Gasteiger partial charge < -0.3 is 5.32 Å². The van der Waals surface area contributed by atoms with Gasteiger partial charge in [0.1, 0.15) is 0 Å². The first kappa shape index (κ1) is 17.8. The number of halogens is 1. The van der Waals surface area contributed by atoms with Crippen LogP contribution < -0.4 is 5.32 Å². The van der Waals surface area contributed by atoms with Crippen molar-refractivity contribution in [2.45, 2.75) is 19.9 Å². The van der Waals surface area contributed by atoms with Gasteiger partial charge >= 0.3 is 0 Å². The molecule has 0 aliphatic carbocycles. The van der Waals surface area contributed by atoms with E-state index in [0.29, 0.717) is 29.2 Å². The fourth-order valence-corrected chi connectivity index (χ4v) is 3.85. The molecule has 2 heterocycles. The van der Waals surface area contributed by atoms with Gasteiger partial charge in [0.15, 0.2) is 0 Å². The molecule has 3 rings (SSSR count). The van der Waals surface area contributed by atoms with E-state index in [4.69, 9.17) is 11.6 Å². The van der Waals surface area contributed by atoms with Crippen LogP contribution in [0.15, 0.2) is 30.6 Å². The first-order valence-electron chi connectivity index (χ1n) is 7.74. The fraction of sp³-hybridized carbons (Fsp3) is 0.294. The van der Waals surface area contributed by atoms with Gasteiger partial charge in [0.2, 0.25) is 10.0 Å². The highest BCUT2D eigenvalue weighted by Gasteiger charge is 2.26. The van der Waals surface area contributed by atoms with Gasteiger partial charge in [-0.3, -0.25) is 9.78 Å². The van der Waals surface area contributed by atoms with Gasteiger partial charge in [-0.1, -0.05) is 17.7 Å². The first-order chi connectivity index (χ1) is 11.8. The molecule has 1 aliphatic heterocycles. The molecule has 1 amide bonds. The number of benzene rings is 1. The second-order valence-electron chi connectivity index (χ2n) is 6.04. The SMILES string of the molecule is Cc1c(Cl)cccc1NC(=O)c1cncc2c1CCN(S(C)(=O)=O)C2. The lowest BCUT2D eigenvalue weighted by atomic mass is 9.98. The van der Waals surface area contributed by atoms with E-state index in [2.05, 4.69) is 10.3 Å². The van der Waals surface area contributed by atoms with Gasteiger partial charge in [-0.05, 0) is 42.2 Å². The van der Waals surface area contributed by atoms with Gasteiger partial charge in [0.25, 0.3) is 5.91 Å². The number of rotatable bonds is 3. The van der Waals surface area contributed by atoms with Crippen LogP contribution in [0, 0.1) is 6.92 Å². The summed E-state index contributed by atoms with van der Waals surface area (Å²) in [6.45, 7) is 2.42. The number of aromatic nitrogens is 1. The Balaban J connectivity index is 1.89. The highest BCUT2D eigenvalue weighted by Crippen LogP contribution is 2.26. The average Bonchev–Trinajstić information content (AvgIpc) is 2.57. The van der Waals surface area contributed by atoms with Gasteiger partial charge in [-0.25, -0.2) is 8.42 Å². The van der Waals surface area contributed by atoms with Gasteiger partial charge in [0.05, 0.1) is 11.8 Å². The lowest BCUT2D eigenvalue weighted by molar-refractivity contribution is 0.102. The van der Waals surface area contributed by atoms with Crippen LogP contribution in [0.5, 0.6) is 0 Å². The molecule has 1 aliphatic rings. The maximum absolute atomic E-state index is 12.7. The summed E-state index contributed by atoms with van der Waals surface area (Å²) >= 11 is 6.09. The van der Waals surface area contributed by atoms with Crippen molar-refractivity contribution in [3.05, 3.63) is 57.9 Å². The zero-order valence-electron chi connectivity index (χ0n) is 13.9. The van der Waals surface area contributed by atoms with Crippen LogP contribution in [0.1, 0.15) is 27.0 Å². The Hall–Kier alpha value is -1.96. The number of hydrogen-bond donors (Lipinski definition) is 1. The third kappa shape index (κ3) is 3.68. The molecule has 132 valence electrons. The van der Waals surface area contributed by atoms with Crippen molar-refractivity contribution in [3.63, 3.8) is 0 Å². The molecule has 0 saturated carbocycles. The number of fused-ring (bicyclic) bond motifs is 1. The number of carbonyl (C=O) groups excluding carboxylic acids is 1. The minimum atomic E-state index is -3.27. The Bertz CT molecular complexity index is 944. The number of sulfonamides is 1. The molecule has 0 radical (unpaired) electrons. The number of nitrogens with one attached hydrogen (secondary N) is 1. The summed E-state index contributed by atoms with van der Waals surface area (Å²) in [5.41, 5.74) is 3.49. The smallest absolute Gasteiger partial charge is 0.257 e. The summed E-state index contributed by atoms with van der Waals surface area (Å²) in [5, 5.41) is 3.44. The van der Waals surface area contributed by atoms with Crippen molar-refractivity contribution >= 4 is 33.2 Å². The van der Waals surface area contributed by atoms with E-state index in [1.165, 1.54) is 16.8 Å². The monoisotopic (exact) mass is 379 g/mol. The molecule has 0 unspecified atom stereocenters. The Morgan fingerprint density at radius 3 is 2.80 bits per heavy atom. The number of amides is 1. The van der Waals surface area contributed by atoms with E-state index in [-0.39, 0.29) is 12.5 Å². The average molecular weight is 380 g/mol. The predicted molar refractivity (Wildman–Crippen MR) is 97.3 cm³/mol. The number of hydrogen-bond acceptors (Lipinski definition) is 4. The molecular formula is C17H18ClN3O3S. The molecule has 0 bridgehead atoms. The molecule has 25 heavy (non-hydrogen) atoms. The number of nitrogens with zero attached hydrogens (tertiary/aromatic N) is 2. The van der Waals surface area contributed by atoms with Gasteiger partial charge in [-0.2, -0.15) is 4.31 Å². The third-order valence-corrected chi connectivity index (χ3v) is 5.99. The number of carbonyl (C=O) groups is 1. The molecule has 1 aromatic carbocycles. The maximum Gasteiger partial charge on any atom is 0.257 e. The van der Waals surface area contributed by atoms with E-state index in [0.717, 1.165) is 16.7 Å². The zero-order chi connectivity index (χ0) is 18.2. The maximum atomic E-state index is 12.7. The summed E-state index contributed by atoms with van der Waals surface area (Å²) in [5.74, 6) is -0.275. The molecule has 8 heteroatoms. The van der Waals surface area contributed by atoms with Crippen molar-refractivity contribution in [1.82, 2.24) is 9.29 Å². The van der Waals surface area contributed by atoms with Crippen LogP contribution in [0.4, 0.5) is 5.69 Å². The predicted octanol–water partition coefficient (Wildman–Crippen LogP) is 2.61. The third-order valence-electron chi connectivity index (χ3n) is 4.33. The molecule has 0 fully saturated rings. The van der Waals surface area contributed by atoms with Crippen LogP contribution in [0.25, 0.3) is 0 Å². The second-order valence-corrected chi connectivity index (χ2v) is 8.43. The second kappa shape index (κ2) is 6.74. The molecule has 0 atom stereocenters. The van der Waals surface area contributed by atoms with Crippen molar-refractivity contribution in [1.29, 1.82) is 0 Å². The highest BCUT2D eigenvalue weighted by atomic mass is 35.5. The Labute approximate surface area is 151 Å². The van der Waals surface area contributed by atoms with Crippen LogP contribution in [0.3, 0.4) is 0 Å². The van der Waals surface area contributed by atoms with Crippen molar-refractivity contribution in [3.8, 4) is 0 Å². The largest absolute Gasteiger partial charge is 0.322 e. The van der Waals surface area contributed by atoms with Crippen LogP contribution in [-0.2, 0) is 23.0 Å². The number of anilines is 1. The molecular weight excluding hydrogens is 362 g/mol. The van der Waals surface area contributed by atoms with Crippen LogP contribution in [-0.4, -0.2) is 36.4 Å². The van der Waals surface area contributed by atoms with E-state index >= 15 is 0 Å². The van der Waals surface area contributed by atoms with E-state index in [1.807, 2.05) is 6.92 Å². The summed E-state index contributed by atoms with van der Waals surface area (Å²) in [6, 6.07) is 5.32. The molecule has 2 aromatic rings. The summed E-state index contributed by atoms with van der Waals surface area (Å²) in [6.07, 6.45) is 4.80. The normalized spacial score (nSPS) is 14.8. The van der Waals surface area contributed by atoms with Crippen molar-refractivity contribution < 1.29 is 13.2 Å². The standard InChI is InChI=1S/C17H18ClN3O3S/c1-11-15(18)4-3-5-16(11)20-17(22)14-9-19-8-12-10-21(25(2,23)24)7-6-13(12)14/h3-5,8-9H,6-7,10H2,1-2H3,(H,20,22). The molecule has 6 nitrogen and oxygen atoms in total. The quantitative estimate of drug-likeness (QED) is 0.889. The van der Waals surface area contributed by atoms with Crippen molar-refractivity contribution in [2.75, 3.05) is 18.1 Å². The zero-order valence-corrected chi connectivity index (χ0v) is 15.5. The summed E-state index contributed by atoms with van der Waals surface area (Å²) in [7, 11) is -3.27. The van der Waals surface area contributed by atoms with Crippen molar-refractivity contribution in [2.24, 2.45) is 0 Å². The Kier molecular flexibility index (Phi) is 4.81. The Morgan fingerprint density at radius 1 is 1.32 bits per heavy atom. The minimum Gasteiger partial charge on any atom is -0.322 e. The Morgan fingerprint density at radius 2 is 2.08 bits per heavy atom. The molecule has 0 spiro atoms. The van der Waals surface area contributed by atoms with Gasteiger partial charge in [0, 0.05) is 36.2 Å². The topological polar surface area (TPSA) is 79.4 Å². The molecule has 1 N–H and O–H groups in total. The van der Waals surface area contributed by atoms with Crippen LogP contribution >= 0.6 is 11.6 Å². The van der Waals surface area contributed by atoms with E-state index in [1.54, 1.807) is 24.4 Å². The molecule has 1 aromatic heterocycles. The van der Waals surface area contributed by atoms with Gasteiger partial charge in [-0.15, -0.1) is 0 Å². The molecule has 0 saturated heterocycles. The summed E-state index contributed by atoms with van der Waals surface area (Å²) in [4.78, 5) is 16.8. The van der Waals surface area contributed by atoms with E-state index in [9.17, 15) is 13.2 Å². The summed E-state index contributed by atoms with van der Waals surface area (Å²) < 4.78 is 24.9. The number of pyridine rings is 1. The fourth-order valence-electron chi connectivity index (χ4n) is 2.88.